The van der Waals surface area contributed by atoms with Crippen molar-refractivity contribution in [2.75, 3.05) is 0 Å². The van der Waals surface area contributed by atoms with E-state index in [0.717, 1.165) is 12.1 Å². The van der Waals surface area contributed by atoms with E-state index in [1.54, 1.807) is 0 Å². The van der Waals surface area contributed by atoms with Crippen LogP contribution in [0.1, 0.15) is 12.8 Å². The highest BCUT2D eigenvalue weighted by molar-refractivity contribution is 6.26. The van der Waals surface area contributed by atoms with Gasteiger partial charge in [0.1, 0.15) is 0 Å². The van der Waals surface area contributed by atoms with Crippen molar-refractivity contribution in [1.82, 2.24) is 0 Å². The topological polar surface area (TPSA) is 29.4 Å². The fourth-order valence-electron chi connectivity index (χ4n) is 0.947. The first-order valence-electron chi connectivity index (χ1n) is 3.15. The summed E-state index contributed by atoms with van der Waals surface area (Å²) in [5.41, 5.74) is 1.35. The second kappa shape index (κ2) is 2.60. The summed E-state index contributed by atoms with van der Waals surface area (Å²) in [5.74, 6) is 0.112. The normalized spacial score (nSPS) is 22.2. The van der Waals surface area contributed by atoms with Crippen molar-refractivity contribution in [3.05, 3.63) is 24.9 Å². The standard InChI is InChI=1S/C8H9NO/c1-3-9-7-4-5-8(10)6(7)2/h3H,1-2,4-5H2. The smallest absolute Gasteiger partial charge is 0.164 e. The van der Waals surface area contributed by atoms with Crippen molar-refractivity contribution in [1.29, 1.82) is 0 Å². The molecule has 0 radical (unpaired) electrons. The number of ketones is 1. The van der Waals surface area contributed by atoms with E-state index in [4.69, 9.17) is 0 Å². The molecule has 1 rings (SSSR count). The van der Waals surface area contributed by atoms with Gasteiger partial charge in [-0.25, -0.2) is 0 Å². The first-order valence-corrected chi connectivity index (χ1v) is 3.15. The lowest BCUT2D eigenvalue weighted by Crippen LogP contribution is -1.96. The lowest BCUT2D eigenvalue weighted by atomic mass is 10.2. The van der Waals surface area contributed by atoms with Crippen LogP contribution in [0.15, 0.2) is 29.9 Å². The second-order valence-corrected chi connectivity index (χ2v) is 2.16. The molecule has 0 aromatic carbocycles. The summed E-state index contributed by atoms with van der Waals surface area (Å²) in [7, 11) is 0. The Morgan fingerprint density at radius 1 is 1.50 bits per heavy atom. The fourth-order valence-corrected chi connectivity index (χ4v) is 0.947. The van der Waals surface area contributed by atoms with Gasteiger partial charge in [0.15, 0.2) is 5.78 Å². The second-order valence-electron chi connectivity index (χ2n) is 2.16. The van der Waals surface area contributed by atoms with Crippen LogP contribution in [0.5, 0.6) is 0 Å². The Labute approximate surface area is 60.0 Å². The van der Waals surface area contributed by atoms with Gasteiger partial charge in [0.2, 0.25) is 0 Å². The summed E-state index contributed by atoms with van der Waals surface area (Å²) < 4.78 is 0. The van der Waals surface area contributed by atoms with E-state index in [2.05, 4.69) is 18.2 Å². The monoisotopic (exact) mass is 135 g/mol. The maximum Gasteiger partial charge on any atom is 0.164 e. The predicted molar refractivity (Wildman–Crippen MR) is 41.0 cm³/mol. The zero-order valence-electron chi connectivity index (χ0n) is 5.76. The molecule has 1 saturated carbocycles. The van der Waals surface area contributed by atoms with E-state index in [-0.39, 0.29) is 5.78 Å². The van der Waals surface area contributed by atoms with Crippen molar-refractivity contribution in [3.63, 3.8) is 0 Å². The average molecular weight is 135 g/mol. The van der Waals surface area contributed by atoms with Gasteiger partial charge in [0.05, 0.1) is 5.71 Å². The van der Waals surface area contributed by atoms with Gasteiger partial charge in [0, 0.05) is 18.2 Å². The van der Waals surface area contributed by atoms with Crippen molar-refractivity contribution in [2.24, 2.45) is 4.99 Å². The van der Waals surface area contributed by atoms with E-state index < -0.39 is 0 Å². The molecule has 0 atom stereocenters. The fraction of sp³-hybridized carbons (Fsp3) is 0.250. The molecule has 0 N–H and O–H groups in total. The van der Waals surface area contributed by atoms with E-state index >= 15 is 0 Å². The van der Waals surface area contributed by atoms with Crippen molar-refractivity contribution in [3.8, 4) is 0 Å². The molecule has 2 nitrogen and oxygen atoms in total. The largest absolute Gasteiger partial charge is 0.294 e. The van der Waals surface area contributed by atoms with Gasteiger partial charge in [-0.05, 0) is 6.42 Å². The van der Waals surface area contributed by atoms with Crippen LogP contribution in [0.3, 0.4) is 0 Å². The number of rotatable bonds is 1. The molecule has 1 fully saturated rings. The maximum absolute atomic E-state index is 10.8. The Bertz CT molecular complexity index is 225. The number of hydrogen-bond acceptors (Lipinski definition) is 2. The number of hydrogen-bond donors (Lipinski definition) is 0. The summed E-state index contributed by atoms with van der Waals surface area (Å²) in [5, 5.41) is 0. The first-order chi connectivity index (χ1) is 4.75. The molecule has 2 heteroatoms. The Balaban J connectivity index is 2.85. The quantitative estimate of drug-likeness (QED) is 0.501. The maximum atomic E-state index is 10.8. The van der Waals surface area contributed by atoms with Crippen LogP contribution < -0.4 is 0 Å². The Morgan fingerprint density at radius 3 is 2.60 bits per heavy atom. The third-order valence-electron chi connectivity index (χ3n) is 1.52. The molecule has 0 spiro atoms. The molecular formula is C8H9NO. The Hall–Kier alpha value is -1.18. The summed E-state index contributed by atoms with van der Waals surface area (Å²) in [6, 6.07) is 0. The third kappa shape index (κ3) is 1.05. The van der Waals surface area contributed by atoms with Crippen molar-refractivity contribution in [2.45, 2.75) is 12.8 Å². The number of carbonyl (C=O) groups is 1. The highest BCUT2D eigenvalue weighted by atomic mass is 16.1. The van der Waals surface area contributed by atoms with Gasteiger partial charge in [0.25, 0.3) is 0 Å². The first kappa shape index (κ1) is 6.93. The summed E-state index contributed by atoms with van der Waals surface area (Å²) >= 11 is 0. The molecule has 0 bridgehead atoms. The zero-order chi connectivity index (χ0) is 7.56. The average Bonchev–Trinajstić information content (AvgIpc) is 2.20. The van der Waals surface area contributed by atoms with E-state index in [1.165, 1.54) is 6.20 Å². The zero-order valence-corrected chi connectivity index (χ0v) is 5.76. The Kier molecular flexibility index (Phi) is 1.81. The number of nitrogens with zero attached hydrogens (tertiary/aromatic N) is 1. The van der Waals surface area contributed by atoms with Crippen LogP contribution in [-0.4, -0.2) is 11.5 Å². The SMILES string of the molecule is C=CN=C1CCC(=O)C1=C. The van der Waals surface area contributed by atoms with E-state index in [0.29, 0.717) is 12.0 Å². The van der Waals surface area contributed by atoms with Crippen LogP contribution in [0, 0.1) is 0 Å². The molecule has 1 aliphatic carbocycles. The van der Waals surface area contributed by atoms with Gasteiger partial charge in [-0.3, -0.25) is 9.79 Å². The number of aliphatic imine (C=N–C) groups is 1. The molecule has 0 saturated heterocycles. The minimum absolute atomic E-state index is 0.112. The molecule has 10 heavy (non-hydrogen) atoms. The van der Waals surface area contributed by atoms with Crippen LogP contribution in [0.25, 0.3) is 0 Å². The number of Topliss-reactive ketones (excluding diaryl/α,β-unsaturated/α-hetero) is 1. The third-order valence-corrected chi connectivity index (χ3v) is 1.52. The van der Waals surface area contributed by atoms with Crippen LogP contribution in [0.4, 0.5) is 0 Å². The highest BCUT2D eigenvalue weighted by Gasteiger charge is 2.20. The molecule has 0 unspecified atom stereocenters. The molecule has 0 amide bonds. The Morgan fingerprint density at radius 2 is 2.20 bits per heavy atom. The van der Waals surface area contributed by atoms with Crippen LogP contribution in [-0.2, 0) is 4.79 Å². The molecule has 52 valence electrons. The molecule has 0 aliphatic heterocycles. The lowest BCUT2D eigenvalue weighted by molar-refractivity contribution is -0.114. The van der Waals surface area contributed by atoms with Crippen molar-refractivity contribution >= 4 is 11.5 Å². The summed E-state index contributed by atoms with van der Waals surface area (Å²) in [6.45, 7) is 7.05. The molecule has 0 aromatic rings. The van der Waals surface area contributed by atoms with Crippen LogP contribution >= 0.6 is 0 Å². The molecule has 1 aliphatic rings. The number of carbonyl (C=O) groups excluding carboxylic acids is 1. The van der Waals surface area contributed by atoms with E-state index in [1.807, 2.05) is 0 Å². The number of allylic oxidation sites excluding steroid dienone is 1. The molecule has 0 aromatic heterocycles. The predicted octanol–water partition coefficient (Wildman–Crippen LogP) is 1.49. The van der Waals surface area contributed by atoms with Gasteiger partial charge < -0.3 is 0 Å². The molecular weight excluding hydrogens is 126 g/mol. The van der Waals surface area contributed by atoms with Gasteiger partial charge in [-0.15, -0.1) is 0 Å². The lowest BCUT2D eigenvalue weighted by Gasteiger charge is -1.89. The van der Waals surface area contributed by atoms with E-state index in [9.17, 15) is 4.79 Å². The molecule has 0 heterocycles. The van der Waals surface area contributed by atoms with Crippen LogP contribution in [0.2, 0.25) is 0 Å². The van der Waals surface area contributed by atoms with Gasteiger partial charge >= 0.3 is 0 Å². The minimum atomic E-state index is 0.112. The van der Waals surface area contributed by atoms with Crippen molar-refractivity contribution < 1.29 is 4.79 Å². The van der Waals surface area contributed by atoms with Gasteiger partial charge in [-0.1, -0.05) is 13.2 Å². The minimum Gasteiger partial charge on any atom is -0.294 e. The summed E-state index contributed by atoms with van der Waals surface area (Å²) in [6.07, 6.45) is 2.73. The summed E-state index contributed by atoms with van der Waals surface area (Å²) in [4.78, 5) is 14.8. The van der Waals surface area contributed by atoms with Gasteiger partial charge in [-0.2, -0.15) is 0 Å². The highest BCUT2D eigenvalue weighted by Crippen LogP contribution is 2.16.